The largest absolute Gasteiger partial charge is 0.325 e. The van der Waals surface area contributed by atoms with Gasteiger partial charge in [0.15, 0.2) is 5.16 Å². The lowest BCUT2D eigenvalue weighted by Crippen LogP contribution is -2.02. The fourth-order valence-electron chi connectivity index (χ4n) is 0.626. The third-order valence-corrected chi connectivity index (χ3v) is 2.39. The average Bonchev–Trinajstić information content (AvgIpc) is 2.05. The molecule has 0 unspecified atom stereocenters. The zero-order valence-corrected chi connectivity index (χ0v) is 8.44. The van der Waals surface area contributed by atoms with Gasteiger partial charge in [-0.15, -0.1) is 0 Å². The Morgan fingerprint density at radius 2 is 2.45 bits per heavy atom. The highest BCUT2D eigenvalue weighted by atomic mass is 79.9. The van der Waals surface area contributed by atoms with Gasteiger partial charge in [-0.05, 0) is 22.2 Å². The van der Waals surface area contributed by atoms with Crippen LogP contribution < -0.4 is 5.73 Å². The average molecular weight is 234 g/mol. The van der Waals surface area contributed by atoms with Crippen molar-refractivity contribution in [2.24, 2.45) is 5.73 Å². The Labute approximate surface area is 77.9 Å². The quantitative estimate of drug-likeness (QED) is 0.621. The Morgan fingerprint density at radius 1 is 1.73 bits per heavy atom. The molecule has 1 heterocycles. The molecule has 0 amide bonds. The molecular weight excluding hydrogens is 226 g/mol. The molecule has 11 heavy (non-hydrogen) atoms. The monoisotopic (exact) mass is 233 g/mol. The van der Waals surface area contributed by atoms with Gasteiger partial charge in [-0.2, -0.15) is 0 Å². The number of halogens is 1. The summed E-state index contributed by atoms with van der Waals surface area (Å²) in [6.07, 6.45) is 3.66. The third-order valence-electron chi connectivity index (χ3n) is 1.17. The van der Waals surface area contributed by atoms with E-state index in [0.717, 1.165) is 15.3 Å². The van der Waals surface area contributed by atoms with Crippen LogP contribution in [0.1, 0.15) is 5.69 Å². The van der Waals surface area contributed by atoms with E-state index in [2.05, 4.69) is 25.9 Å². The van der Waals surface area contributed by atoms with Gasteiger partial charge in [-0.1, -0.05) is 11.8 Å². The molecule has 5 heteroatoms. The van der Waals surface area contributed by atoms with Crippen LogP contribution in [0.15, 0.2) is 15.8 Å². The zero-order chi connectivity index (χ0) is 8.27. The maximum Gasteiger partial charge on any atom is 0.187 e. The van der Waals surface area contributed by atoms with Gasteiger partial charge in [0, 0.05) is 12.7 Å². The summed E-state index contributed by atoms with van der Waals surface area (Å²) in [4.78, 5) is 8.24. The van der Waals surface area contributed by atoms with E-state index in [0.29, 0.717) is 6.54 Å². The van der Waals surface area contributed by atoms with Gasteiger partial charge >= 0.3 is 0 Å². The highest BCUT2D eigenvalue weighted by molar-refractivity contribution is 9.10. The van der Waals surface area contributed by atoms with Gasteiger partial charge in [0.2, 0.25) is 0 Å². The minimum atomic E-state index is 0.441. The summed E-state index contributed by atoms with van der Waals surface area (Å²) in [7, 11) is 0. The molecule has 0 spiro atoms. The van der Waals surface area contributed by atoms with Gasteiger partial charge in [-0.25, -0.2) is 9.97 Å². The first-order valence-electron chi connectivity index (χ1n) is 3.03. The molecule has 0 radical (unpaired) electrons. The number of nitrogens with zero attached hydrogens (tertiary/aromatic N) is 2. The van der Waals surface area contributed by atoms with E-state index in [1.54, 1.807) is 6.20 Å². The van der Waals surface area contributed by atoms with Crippen LogP contribution in [0.3, 0.4) is 0 Å². The molecule has 3 nitrogen and oxygen atoms in total. The van der Waals surface area contributed by atoms with Crippen LogP contribution in [0.4, 0.5) is 0 Å². The van der Waals surface area contributed by atoms with E-state index in [1.165, 1.54) is 11.8 Å². The van der Waals surface area contributed by atoms with E-state index in [-0.39, 0.29) is 0 Å². The maximum absolute atomic E-state index is 5.44. The highest BCUT2D eigenvalue weighted by Crippen LogP contribution is 2.16. The van der Waals surface area contributed by atoms with Crippen LogP contribution in [0.25, 0.3) is 0 Å². The third kappa shape index (κ3) is 2.15. The molecule has 0 saturated heterocycles. The van der Waals surface area contributed by atoms with Crippen LogP contribution in [0.5, 0.6) is 0 Å². The summed E-state index contributed by atoms with van der Waals surface area (Å²) in [5.74, 6) is 0. The second-order valence-corrected chi connectivity index (χ2v) is 3.48. The molecule has 2 N–H and O–H groups in total. The first kappa shape index (κ1) is 8.96. The molecule has 0 aromatic carbocycles. The normalized spacial score (nSPS) is 10.1. The van der Waals surface area contributed by atoms with Crippen molar-refractivity contribution in [2.75, 3.05) is 6.26 Å². The highest BCUT2D eigenvalue weighted by Gasteiger charge is 2.01. The van der Waals surface area contributed by atoms with Crippen molar-refractivity contribution >= 4 is 27.7 Å². The van der Waals surface area contributed by atoms with Crippen LogP contribution in [-0.2, 0) is 6.54 Å². The molecule has 0 aliphatic heterocycles. The van der Waals surface area contributed by atoms with Gasteiger partial charge in [0.25, 0.3) is 0 Å². The second-order valence-electron chi connectivity index (χ2n) is 1.86. The van der Waals surface area contributed by atoms with Crippen molar-refractivity contribution in [1.29, 1.82) is 0 Å². The SMILES string of the molecule is CSc1ncc(Br)c(CN)n1. The molecule has 0 bridgehead atoms. The first-order valence-corrected chi connectivity index (χ1v) is 5.05. The summed E-state index contributed by atoms with van der Waals surface area (Å²) < 4.78 is 0.873. The lowest BCUT2D eigenvalue weighted by atomic mass is 10.4. The number of hydrogen-bond acceptors (Lipinski definition) is 4. The number of nitrogens with two attached hydrogens (primary N) is 1. The molecular formula is C6H8BrN3S. The Kier molecular flexibility index (Phi) is 3.29. The van der Waals surface area contributed by atoms with Crippen molar-refractivity contribution in [2.45, 2.75) is 11.7 Å². The number of rotatable bonds is 2. The van der Waals surface area contributed by atoms with Gasteiger partial charge in [-0.3, -0.25) is 0 Å². The predicted octanol–water partition coefficient (Wildman–Crippen LogP) is 1.42. The molecule has 1 aromatic heterocycles. The topological polar surface area (TPSA) is 51.8 Å². The van der Waals surface area contributed by atoms with Crippen LogP contribution in [0.2, 0.25) is 0 Å². The minimum Gasteiger partial charge on any atom is -0.325 e. The summed E-state index contributed by atoms with van der Waals surface area (Å²) >= 11 is 4.81. The molecule has 1 rings (SSSR count). The number of thioether (sulfide) groups is 1. The summed E-state index contributed by atoms with van der Waals surface area (Å²) in [5, 5.41) is 0.758. The second kappa shape index (κ2) is 4.04. The van der Waals surface area contributed by atoms with Crippen molar-refractivity contribution in [3.63, 3.8) is 0 Å². The predicted molar refractivity (Wildman–Crippen MR) is 49.4 cm³/mol. The lowest BCUT2D eigenvalue weighted by molar-refractivity contribution is 0.865. The smallest absolute Gasteiger partial charge is 0.187 e. The van der Waals surface area contributed by atoms with Crippen molar-refractivity contribution in [3.8, 4) is 0 Å². The summed E-state index contributed by atoms with van der Waals surface area (Å²) in [6.45, 7) is 0.441. The molecule has 0 aliphatic rings. The van der Waals surface area contributed by atoms with Gasteiger partial charge < -0.3 is 5.73 Å². The van der Waals surface area contributed by atoms with Crippen molar-refractivity contribution < 1.29 is 0 Å². The van der Waals surface area contributed by atoms with E-state index < -0.39 is 0 Å². The lowest BCUT2D eigenvalue weighted by Gasteiger charge is -2.00. The number of aromatic nitrogens is 2. The van der Waals surface area contributed by atoms with Crippen molar-refractivity contribution in [3.05, 3.63) is 16.4 Å². The van der Waals surface area contributed by atoms with Crippen LogP contribution in [0, 0.1) is 0 Å². The molecule has 0 saturated carbocycles. The Hall–Kier alpha value is -0.130. The summed E-state index contributed by atoms with van der Waals surface area (Å²) in [6, 6.07) is 0. The van der Waals surface area contributed by atoms with E-state index in [1.807, 2.05) is 6.26 Å². The zero-order valence-electron chi connectivity index (χ0n) is 6.04. The van der Waals surface area contributed by atoms with E-state index in [9.17, 15) is 0 Å². The fraction of sp³-hybridized carbons (Fsp3) is 0.333. The molecule has 1 aromatic rings. The van der Waals surface area contributed by atoms with E-state index >= 15 is 0 Å². The fourth-order valence-corrected chi connectivity index (χ4v) is 1.34. The Morgan fingerprint density at radius 3 is 3.00 bits per heavy atom. The maximum atomic E-state index is 5.44. The minimum absolute atomic E-state index is 0.441. The van der Waals surface area contributed by atoms with Crippen molar-refractivity contribution in [1.82, 2.24) is 9.97 Å². The molecule has 0 aliphatic carbocycles. The Balaban J connectivity index is 3.02. The van der Waals surface area contributed by atoms with Gasteiger partial charge in [0.05, 0.1) is 10.2 Å². The standard InChI is InChI=1S/C6H8BrN3S/c1-11-6-9-3-4(7)5(2-8)10-6/h3H,2,8H2,1H3. The summed E-state index contributed by atoms with van der Waals surface area (Å²) in [5.41, 5.74) is 6.30. The van der Waals surface area contributed by atoms with E-state index in [4.69, 9.17) is 5.73 Å². The Bertz CT molecular complexity index is 254. The van der Waals surface area contributed by atoms with Crippen LogP contribution in [-0.4, -0.2) is 16.2 Å². The first-order chi connectivity index (χ1) is 5.27. The molecule has 0 fully saturated rings. The van der Waals surface area contributed by atoms with Gasteiger partial charge in [0.1, 0.15) is 0 Å². The molecule has 0 atom stereocenters. The van der Waals surface area contributed by atoms with Crippen LogP contribution >= 0.6 is 27.7 Å². The molecule has 60 valence electrons. The number of hydrogen-bond donors (Lipinski definition) is 1.